The number of nitriles is 1. The second kappa shape index (κ2) is 14.1. The zero-order valence-corrected chi connectivity index (χ0v) is 35.8. The fourth-order valence-electron chi connectivity index (χ4n) is 10.3. The number of para-hydroxylation sites is 4. The highest BCUT2D eigenvalue weighted by Gasteiger charge is 2.30. The first-order chi connectivity index (χ1) is 32.7. The van der Waals surface area contributed by atoms with Crippen LogP contribution >= 0.6 is 11.3 Å². The predicted octanol–water partition coefficient (Wildman–Crippen LogP) is 15.2. The van der Waals surface area contributed by atoms with Gasteiger partial charge in [0.2, 0.25) is 0 Å². The average molecular weight is 861 g/mol. The smallest absolute Gasteiger partial charge is 0.166 e. The minimum Gasteiger partial charge on any atom is -0.454 e. The van der Waals surface area contributed by atoms with Crippen molar-refractivity contribution in [1.29, 1.82) is 5.26 Å². The number of hydrogen-bond donors (Lipinski definition) is 0. The summed E-state index contributed by atoms with van der Waals surface area (Å²) in [7, 11) is 0. The lowest BCUT2D eigenvalue weighted by molar-refractivity contribution is 0.666. The normalized spacial score (nSPS) is 11.9. The number of hydrogen-bond acceptors (Lipinski definition) is 6. The van der Waals surface area contributed by atoms with Gasteiger partial charge in [-0.1, -0.05) is 152 Å². The summed E-state index contributed by atoms with van der Waals surface area (Å²) in [6.45, 7) is 0. The van der Waals surface area contributed by atoms with Crippen molar-refractivity contribution in [3.05, 3.63) is 200 Å². The molecule has 0 spiro atoms. The molecule has 14 aromatic rings. The van der Waals surface area contributed by atoms with Crippen molar-refractivity contribution in [3.63, 3.8) is 0 Å². The summed E-state index contributed by atoms with van der Waals surface area (Å²) < 4.78 is 14.3. The molecule has 7 nitrogen and oxygen atoms in total. The van der Waals surface area contributed by atoms with Crippen LogP contribution in [0, 0.1) is 11.3 Å². The van der Waals surface area contributed by atoms with E-state index in [0.29, 0.717) is 39.8 Å². The number of furan rings is 1. The topological polar surface area (TPSA) is 85.5 Å². The van der Waals surface area contributed by atoms with Crippen LogP contribution in [-0.4, -0.2) is 24.1 Å². The van der Waals surface area contributed by atoms with Gasteiger partial charge in [0.05, 0.1) is 39.4 Å². The third-order valence-electron chi connectivity index (χ3n) is 13.0. The Bertz CT molecular complexity index is 4290. The molecule has 0 radical (unpaired) electrons. The van der Waals surface area contributed by atoms with Crippen LogP contribution < -0.4 is 0 Å². The molecular weight excluding hydrogens is 829 g/mol. The van der Waals surface area contributed by atoms with Gasteiger partial charge in [0, 0.05) is 74.9 Å². The van der Waals surface area contributed by atoms with E-state index in [1.54, 1.807) is 0 Å². The van der Waals surface area contributed by atoms with Gasteiger partial charge in [-0.3, -0.25) is 0 Å². The molecule has 9 aromatic carbocycles. The second-order valence-corrected chi connectivity index (χ2v) is 17.6. The Kier molecular flexibility index (Phi) is 7.79. The molecule has 5 heterocycles. The minimum absolute atomic E-state index is 0.393. The predicted molar refractivity (Wildman–Crippen MR) is 270 cm³/mol. The van der Waals surface area contributed by atoms with E-state index in [2.05, 4.69) is 124 Å². The molecule has 0 atom stereocenters. The first-order valence-electron chi connectivity index (χ1n) is 21.8. The summed E-state index contributed by atoms with van der Waals surface area (Å²) in [4.78, 5) is 15.3. The van der Waals surface area contributed by atoms with Crippen molar-refractivity contribution in [2.75, 3.05) is 0 Å². The summed E-state index contributed by atoms with van der Waals surface area (Å²) in [6.07, 6.45) is 0. The summed E-state index contributed by atoms with van der Waals surface area (Å²) in [6, 6.07) is 69.3. The van der Waals surface area contributed by atoms with E-state index < -0.39 is 0 Å². The summed E-state index contributed by atoms with van der Waals surface area (Å²) in [5.41, 5.74) is 10.2. The Morgan fingerprint density at radius 2 is 0.985 bits per heavy atom. The van der Waals surface area contributed by atoms with Gasteiger partial charge in [-0.2, -0.15) is 5.26 Å². The maximum atomic E-state index is 11.5. The molecule has 5 aromatic heterocycles. The van der Waals surface area contributed by atoms with Crippen LogP contribution in [0.15, 0.2) is 199 Å². The first-order valence-corrected chi connectivity index (χ1v) is 22.7. The average Bonchev–Trinajstić information content (AvgIpc) is 4.15. The highest BCUT2D eigenvalue weighted by atomic mass is 32.1. The van der Waals surface area contributed by atoms with Crippen molar-refractivity contribution in [2.24, 2.45) is 0 Å². The van der Waals surface area contributed by atoms with Gasteiger partial charge in [0.25, 0.3) is 0 Å². The molecule has 0 aliphatic rings. The zero-order chi connectivity index (χ0) is 43.5. The highest BCUT2D eigenvalue weighted by molar-refractivity contribution is 7.27. The number of aromatic nitrogens is 5. The molecular formula is C58H32N6OS. The van der Waals surface area contributed by atoms with E-state index in [1.165, 1.54) is 20.2 Å². The molecule has 0 bridgehead atoms. The largest absolute Gasteiger partial charge is 0.454 e. The van der Waals surface area contributed by atoms with Crippen LogP contribution in [0.1, 0.15) is 5.56 Å². The van der Waals surface area contributed by atoms with Gasteiger partial charge in [0.1, 0.15) is 5.58 Å². The van der Waals surface area contributed by atoms with E-state index in [9.17, 15) is 5.26 Å². The van der Waals surface area contributed by atoms with Crippen molar-refractivity contribution >= 4 is 97.1 Å². The van der Waals surface area contributed by atoms with Crippen molar-refractivity contribution in [3.8, 4) is 51.6 Å². The van der Waals surface area contributed by atoms with Crippen molar-refractivity contribution in [1.82, 2.24) is 24.1 Å². The lowest BCUT2D eigenvalue weighted by Gasteiger charge is -2.15. The lowest BCUT2D eigenvalue weighted by Crippen LogP contribution is -2.03. The molecule has 0 aliphatic heterocycles. The number of fused-ring (bicyclic) bond motifs is 15. The highest BCUT2D eigenvalue weighted by Crippen LogP contribution is 2.52. The molecule has 0 fully saturated rings. The lowest BCUT2D eigenvalue weighted by atomic mass is 9.98. The fourth-order valence-corrected chi connectivity index (χ4v) is 11.5. The van der Waals surface area contributed by atoms with E-state index in [-0.39, 0.29) is 0 Å². The first kappa shape index (κ1) is 36.6. The van der Waals surface area contributed by atoms with Gasteiger partial charge in [-0.05, 0) is 42.5 Å². The molecule has 0 unspecified atom stereocenters. The third kappa shape index (κ3) is 5.14. The Morgan fingerprint density at radius 1 is 0.470 bits per heavy atom. The van der Waals surface area contributed by atoms with Crippen LogP contribution in [0.4, 0.5) is 0 Å². The quantitative estimate of drug-likeness (QED) is 0.172. The third-order valence-corrected chi connectivity index (χ3v) is 14.2. The van der Waals surface area contributed by atoms with E-state index in [0.717, 1.165) is 76.9 Å². The van der Waals surface area contributed by atoms with Crippen LogP contribution in [0.5, 0.6) is 0 Å². The molecule has 0 saturated heterocycles. The SMILES string of the molecule is N#Cc1cc(-n2c3ccccc3c3c4sc5ccccc5c4c4c(c5ccccc5n4-c4ccccc4)c32)c2oc3ccccc3c2c1-c1nc(-c2ccccc2)nc(-c2ccccc2)n1. The van der Waals surface area contributed by atoms with Crippen LogP contribution in [0.25, 0.3) is 131 Å². The monoisotopic (exact) mass is 860 g/mol. The molecule has 0 aliphatic carbocycles. The van der Waals surface area contributed by atoms with Crippen LogP contribution in [0.2, 0.25) is 0 Å². The van der Waals surface area contributed by atoms with Gasteiger partial charge in [0.15, 0.2) is 23.1 Å². The van der Waals surface area contributed by atoms with Crippen LogP contribution in [0.3, 0.4) is 0 Å². The van der Waals surface area contributed by atoms with Crippen molar-refractivity contribution < 1.29 is 4.42 Å². The Morgan fingerprint density at radius 3 is 1.67 bits per heavy atom. The maximum Gasteiger partial charge on any atom is 0.166 e. The summed E-state index contributed by atoms with van der Waals surface area (Å²) in [5.74, 6) is 1.42. The van der Waals surface area contributed by atoms with E-state index >= 15 is 0 Å². The summed E-state index contributed by atoms with van der Waals surface area (Å²) in [5, 5.41) is 20.1. The van der Waals surface area contributed by atoms with Crippen LogP contribution in [-0.2, 0) is 0 Å². The maximum absolute atomic E-state index is 11.5. The molecule has 8 heteroatoms. The standard InChI is InChI=1S/C58H32N6OS/c59-33-36-32-44(54-48(40-26-12-16-30-45(40)65-54)47(36)58-61-56(34-18-4-1-5-19-34)60-57(62-58)35-20-6-2-7-21-35)64-43-29-15-11-25-39(43)50-53(64)49-38-24-10-14-28-42(38)63(37-22-8-3-9-23-37)52(49)51-41-27-13-17-31-46(41)66-55(50)51/h1-32H. The van der Waals surface area contributed by atoms with Gasteiger partial charge in [-0.15, -0.1) is 11.3 Å². The van der Waals surface area contributed by atoms with Gasteiger partial charge >= 0.3 is 0 Å². The van der Waals surface area contributed by atoms with Gasteiger partial charge < -0.3 is 13.6 Å². The fraction of sp³-hybridized carbons (Fsp3) is 0. The van der Waals surface area contributed by atoms with Gasteiger partial charge in [-0.25, -0.2) is 15.0 Å². The molecule has 66 heavy (non-hydrogen) atoms. The number of rotatable bonds is 5. The molecule has 14 rings (SSSR count). The number of thiophene rings is 1. The molecule has 0 N–H and O–H groups in total. The number of benzene rings is 9. The second-order valence-electron chi connectivity index (χ2n) is 16.6. The van der Waals surface area contributed by atoms with E-state index in [1.807, 2.05) is 96.3 Å². The Labute approximate surface area is 380 Å². The van der Waals surface area contributed by atoms with E-state index in [4.69, 9.17) is 19.4 Å². The Balaban J connectivity index is 1.19. The molecule has 0 amide bonds. The molecule has 0 saturated carbocycles. The number of nitrogens with zero attached hydrogens (tertiary/aromatic N) is 6. The zero-order valence-electron chi connectivity index (χ0n) is 35.0. The summed E-state index contributed by atoms with van der Waals surface area (Å²) >= 11 is 1.83. The molecule has 306 valence electrons. The van der Waals surface area contributed by atoms with Crippen molar-refractivity contribution in [2.45, 2.75) is 0 Å². The minimum atomic E-state index is 0.393. The Hall–Kier alpha value is -8.90.